The molecular weight excluding hydrogens is 262 g/mol. The molecule has 0 aliphatic rings. The van der Waals surface area contributed by atoms with E-state index in [1.54, 1.807) is 12.1 Å². The minimum absolute atomic E-state index is 0.241. The highest BCUT2D eigenvalue weighted by molar-refractivity contribution is 6.07. The quantitative estimate of drug-likeness (QED) is 0.642. The molecule has 1 unspecified atom stereocenters. The fourth-order valence-electron chi connectivity index (χ4n) is 1.70. The second-order valence-corrected chi connectivity index (χ2v) is 5.73. The van der Waals surface area contributed by atoms with Crippen molar-refractivity contribution in [3.8, 4) is 5.75 Å². The molecule has 0 saturated carbocycles. The van der Waals surface area contributed by atoms with Gasteiger partial charge in [0, 0.05) is 18.2 Å². The highest BCUT2D eigenvalue weighted by atomic mass is 16.3. The number of phenolic OH excluding ortho intramolecular Hbond substituents is 1. The number of hydrogen-bond donors (Lipinski definition) is 2. The van der Waals surface area contributed by atoms with Gasteiger partial charge >= 0.3 is 0 Å². The third-order valence-electron chi connectivity index (χ3n) is 3.16. The zero-order valence-electron chi connectivity index (χ0n) is 13.7. The van der Waals surface area contributed by atoms with Crippen molar-refractivity contribution in [2.24, 2.45) is 15.9 Å². The van der Waals surface area contributed by atoms with Gasteiger partial charge in [-0.15, -0.1) is 0 Å². The summed E-state index contributed by atoms with van der Waals surface area (Å²) in [7, 11) is 0. The maximum absolute atomic E-state index is 9.90. The highest BCUT2D eigenvalue weighted by Crippen LogP contribution is 2.16. The summed E-state index contributed by atoms with van der Waals surface area (Å²) < 4.78 is 0. The summed E-state index contributed by atoms with van der Waals surface area (Å²) in [6.45, 7) is 11.1. The van der Waals surface area contributed by atoms with Crippen LogP contribution in [0.25, 0.3) is 0 Å². The van der Waals surface area contributed by atoms with Crippen LogP contribution in [0.3, 0.4) is 0 Å². The van der Waals surface area contributed by atoms with Crippen molar-refractivity contribution in [2.45, 2.75) is 47.1 Å². The first-order valence-corrected chi connectivity index (χ1v) is 7.58. The minimum atomic E-state index is 0.241. The Morgan fingerprint density at radius 2 is 1.90 bits per heavy atom. The number of hydrogen-bond acceptors (Lipinski definition) is 2. The Bertz CT molecular complexity index is 507. The predicted molar refractivity (Wildman–Crippen MR) is 90.3 cm³/mol. The van der Waals surface area contributed by atoms with Gasteiger partial charge in [-0.2, -0.15) is 0 Å². The van der Waals surface area contributed by atoms with Gasteiger partial charge in [0.15, 0.2) is 0 Å². The van der Waals surface area contributed by atoms with Crippen molar-refractivity contribution in [1.29, 1.82) is 0 Å². The molecule has 0 aliphatic carbocycles. The van der Waals surface area contributed by atoms with Gasteiger partial charge in [-0.3, -0.25) is 4.99 Å². The average molecular weight is 289 g/mol. The summed E-state index contributed by atoms with van der Waals surface area (Å²) in [6, 6.07) is 7.54. The van der Waals surface area contributed by atoms with Crippen LogP contribution in [0.5, 0.6) is 5.75 Å². The Morgan fingerprint density at radius 3 is 2.48 bits per heavy atom. The van der Waals surface area contributed by atoms with Crippen molar-refractivity contribution in [3.05, 3.63) is 29.8 Å². The van der Waals surface area contributed by atoms with Crippen LogP contribution in [0.15, 0.2) is 34.3 Å². The summed E-state index contributed by atoms with van der Waals surface area (Å²) in [6.07, 6.45) is 1.01. The SMILES string of the molecule is CCC(C)NC(=NCC(C)C)N=C(C)c1ccccc1O. The Balaban J connectivity index is 3.00. The van der Waals surface area contributed by atoms with Crippen molar-refractivity contribution < 1.29 is 5.11 Å². The van der Waals surface area contributed by atoms with Crippen LogP contribution >= 0.6 is 0 Å². The summed E-state index contributed by atoms with van der Waals surface area (Å²) in [5, 5.41) is 13.2. The van der Waals surface area contributed by atoms with Gasteiger partial charge in [0.25, 0.3) is 0 Å². The highest BCUT2D eigenvalue weighted by Gasteiger charge is 2.07. The van der Waals surface area contributed by atoms with E-state index in [0.29, 0.717) is 17.9 Å². The topological polar surface area (TPSA) is 57.0 Å². The molecule has 0 bridgehead atoms. The van der Waals surface area contributed by atoms with E-state index < -0.39 is 0 Å². The molecule has 4 nitrogen and oxygen atoms in total. The summed E-state index contributed by atoms with van der Waals surface area (Å²) in [4.78, 5) is 9.11. The fourth-order valence-corrected chi connectivity index (χ4v) is 1.70. The number of rotatable bonds is 5. The first kappa shape index (κ1) is 17.2. The number of benzene rings is 1. The second kappa shape index (κ2) is 8.45. The number of guanidine groups is 1. The van der Waals surface area contributed by atoms with E-state index in [1.807, 2.05) is 19.1 Å². The van der Waals surface area contributed by atoms with Gasteiger partial charge in [0.05, 0.1) is 5.71 Å². The fraction of sp³-hybridized carbons (Fsp3) is 0.529. The normalized spacial score (nSPS) is 14.4. The van der Waals surface area contributed by atoms with Crippen molar-refractivity contribution in [1.82, 2.24) is 5.32 Å². The molecular formula is C17H27N3O. The molecule has 0 saturated heterocycles. The van der Waals surface area contributed by atoms with E-state index in [4.69, 9.17) is 0 Å². The third kappa shape index (κ3) is 5.98. The lowest BCUT2D eigenvalue weighted by Crippen LogP contribution is -2.32. The van der Waals surface area contributed by atoms with Crippen LogP contribution < -0.4 is 5.32 Å². The maximum Gasteiger partial charge on any atom is 0.218 e. The van der Waals surface area contributed by atoms with Gasteiger partial charge in [0.2, 0.25) is 5.96 Å². The standard InChI is InChI=1S/C17H27N3O/c1-6-13(4)19-17(18-11-12(2)3)20-14(5)15-9-7-8-10-16(15)21/h7-10,12-13,21H,6,11H2,1-5H3,(H,18,19). The van der Waals surface area contributed by atoms with Crippen LogP contribution in [0.4, 0.5) is 0 Å². The zero-order chi connectivity index (χ0) is 15.8. The lowest BCUT2D eigenvalue weighted by Gasteiger charge is -2.14. The van der Waals surface area contributed by atoms with Gasteiger partial charge in [-0.1, -0.05) is 32.9 Å². The second-order valence-electron chi connectivity index (χ2n) is 5.73. The number of nitrogens with one attached hydrogen (secondary N) is 1. The third-order valence-corrected chi connectivity index (χ3v) is 3.16. The molecule has 0 heterocycles. The average Bonchev–Trinajstić information content (AvgIpc) is 2.44. The number of para-hydroxylation sites is 1. The Labute approximate surface area is 128 Å². The van der Waals surface area contributed by atoms with E-state index in [9.17, 15) is 5.11 Å². The molecule has 21 heavy (non-hydrogen) atoms. The summed E-state index contributed by atoms with van der Waals surface area (Å²) in [5.74, 6) is 1.36. The summed E-state index contributed by atoms with van der Waals surface area (Å²) >= 11 is 0. The van der Waals surface area contributed by atoms with Crippen molar-refractivity contribution in [2.75, 3.05) is 6.54 Å². The molecule has 0 spiro atoms. The number of nitrogens with zero attached hydrogens (tertiary/aromatic N) is 2. The molecule has 0 amide bonds. The van der Waals surface area contributed by atoms with E-state index in [2.05, 4.69) is 43.0 Å². The molecule has 1 atom stereocenters. The molecule has 0 aliphatic heterocycles. The molecule has 0 fully saturated rings. The molecule has 1 rings (SSSR count). The Kier molecular flexibility index (Phi) is 6.92. The molecule has 0 aromatic heterocycles. The molecule has 116 valence electrons. The number of phenols is 1. The first-order valence-electron chi connectivity index (χ1n) is 7.58. The Hall–Kier alpha value is -1.84. The monoisotopic (exact) mass is 289 g/mol. The van der Waals surface area contributed by atoms with E-state index in [-0.39, 0.29) is 5.75 Å². The molecule has 0 radical (unpaired) electrons. The predicted octanol–water partition coefficient (Wildman–Crippen LogP) is 3.60. The molecule has 4 heteroatoms. The minimum Gasteiger partial charge on any atom is -0.507 e. The Morgan fingerprint density at radius 1 is 1.24 bits per heavy atom. The smallest absolute Gasteiger partial charge is 0.218 e. The van der Waals surface area contributed by atoms with E-state index >= 15 is 0 Å². The van der Waals surface area contributed by atoms with E-state index in [1.165, 1.54) is 0 Å². The van der Waals surface area contributed by atoms with Crippen molar-refractivity contribution in [3.63, 3.8) is 0 Å². The molecule has 1 aromatic carbocycles. The van der Waals surface area contributed by atoms with Gasteiger partial charge in [0.1, 0.15) is 5.75 Å². The first-order chi connectivity index (χ1) is 9.93. The largest absolute Gasteiger partial charge is 0.507 e. The number of aromatic hydroxyl groups is 1. The number of aliphatic imine (C=N–C) groups is 2. The van der Waals surface area contributed by atoms with Crippen LogP contribution in [-0.4, -0.2) is 29.4 Å². The maximum atomic E-state index is 9.90. The molecule has 2 N–H and O–H groups in total. The van der Waals surface area contributed by atoms with Gasteiger partial charge in [-0.05, 0) is 38.3 Å². The lowest BCUT2D eigenvalue weighted by molar-refractivity contribution is 0.474. The van der Waals surface area contributed by atoms with Crippen LogP contribution in [0.1, 0.15) is 46.6 Å². The van der Waals surface area contributed by atoms with Gasteiger partial charge < -0.3 is 10.4 Å². The lowest BCUT2D eigenvalue weighted by atomic mass is 10.1. The zero-order valence-corrected chi connectivity index (χ0v) is 13.7. The summed E-state index contributed by atoms with van der Waals surface area (Å²) in [5.41, 5.74) is 1.49. The van der Waals surface area contributed by atoms with E-state index in [0.717, 1.165) is 24.2 Å². The van der Waals surface area contributed by atoms with Gasteiger partial charge in [-0.25, -0.2) is 4.99 Å². The van der Waals surface area contributed by atoms with Crippen LogP contribution in [0, 0.1) is 5.92 Å². The van der Waals surface area contributed by atoms with Crippen LogP contribution in [-0.2, 0) is 0 Å². The van der Waals surface area contributed by atoms with Crippen molar-refractivity contribution >= 4 is 11.7 Å². The van der Waals surface area contributed by atoms with Crippen LogP contribution in [0.2, 0.25) is 0 Å². The molecule has 1 aromatic rings.